The van der Waals surface area contributed by atoms with Crippen molar-refractivity contribution in [2.75, 3.05) is 0 Å². The van der Waals surface area contributed by atoms with Crippen LogP contribution in [0.15, 0.2) is 12.1 Å². The number of benzene rings is 1. The molecular weight excluding hydrogens is 246 g/mol. The van der Waals surface area contributed by atoms with Gasteiger partial charge in [0.15, 0.2) is 0 Å². The molecule has 0 saturated carbocycles. The number of rotatable bonds is 3. The molecule has 0 bridgehead atoms. The number of fused-ring (bicyclic) bond motifs is 1. The summed E-state index contributed by atoms with van der Waals surface area (Å²) >= 11 is 6.45. The topological polar surface area (TPSA) is 25.2 Å². The Morgan fingerprint density at radius 2 is 2.00 bits per heavy atom. The summed E-state index contributed by atoms with van der Waals surface area (Å²) in [5, 5.41) is 11.7. The van der Waals surface area contributed by atoms with E-state index < -0.39 is 6.10 Å². The molecule has 1 heterocycles. The molecule has 1 N–H and O–H groups in total. The van der Waals surface area contributed by atoms with E-state index in [9.17, 15) is 5.11 Å². The molecule has 0 fully saturated rings. The maximum absolute atomic E-state index is 9.95. The molecule has 1 aromatic carbocycles. The highest BCUT2D eigenvalue weighted by molar-refractivity contribution is 6.32. The van der Waals surface area contributed by atoms with Crippen molar-refractivity contribution >= 4 is 22.5 Å². The van der Waals surface area contributed by atoms with Gasteiger partial charge in [-0.2, -0.15) is 0 Å². The second-order valence-corrected chi connectivity index (χ2v) is 5.29. The second-order valence-electron chi connectivity index (χ2n) is 4.94. The molecule has 1 atom stereocenters. The first-order chi connectivity index (χ1) is 8.49. The number of hydrogen-bond donors (Lipinski definition) is 1. The van der Waals surface area contributed by atoms with Crippen LogP contribution in [0.3, 0.4) is 0 Å². The highest BCUT2D eigenvalue weighted by Gasteiger charge is 2.20. The molecule has 18 heavy (non-hydrogen) atoms. The van der Waals surface area contributed by atoms with Crippen LogP contribution in [0.2, 0.25) is 5.15 Å². The van der Waals surface area contributed by atoms with Crippen LogP contribution in [0, 0.1) is 13.8 Å². The van der Waals surface area contributed by atoms with Gasteiger partial charge in [-0.05, 0) is 38.3 Å². The average Bonchev–Trinajstić information content (AvgIpc) is 2.58. The lowest BCUT2D eigenvalue weighted by Crippen LogP contribution is -1.99. The predicted molar refractivity (Wildman–Crippen MR) is 77.3 cm³/mol. The fraction of sp³-hybridized carbons (Fsp3) is 0.467. The van der Waals surface area contributed by atoms with E-state index in [4.69, 9.17) is 11.6 Å². The third-order valence-electron chi connectivity index (χ3n) is 3.59. The molecule has 0 aliphatic heterocycles. The molecular formula is C15H20ClNO. The Kier molecular flexibility index (Phi) is 3.69. The van der Waals surface area contributed by atoms with Crippen molar-refractivity contribution in [3.05, 3.63) is 34.0 Å². The minimum Gasteiger partial charge on any atom is -0.389 e. The molecule has 2 aromatic rings. The molecule has 0 amide bonds. The first-order valence-corrected chi connectivity index (χ1v) is 6.82. The summed E-state index contributed by atoms with van der Waals surface area (Å²) < 4.78 is 2.13. The molecule has 2 nitrogen and oxygen atoms in total. The number of aliphatic hydroxyl groups is 1. The highest BCUT2D eigenvalue weighted by atomic mass is 35.5. The zero-order valence-electron chi connectivity index (χ0n) is 11.4. The summed E-state index contributed by atoms with van der Waals surface area (Å²) in [5.41, 5.74) is 4.52. The van der Waals surface area contributed by atoms with Crippen molar-refractivity contribution in [3.8, 4) is 0 Å². The molecule has 0 radical (unpaired) electrons. The smallest absolute Gasteiger partial charge is 0.115 e. The lowest BCUT2D eigenvalue weighted by atomic mass is 10.0. The van der Waals surface area contributed by atoms with Crippen LogP contribution in [0.4, 0.5) is 0 Å². The molecule has 2 rings (SSSR count). The zero-order chi connectivity index (χ0) is 13.4. The SMILES string of the molecule is CCCn1c(Cl)c(C(C)O)c2ccc(C)c(C)c21. The monoisotopic (exact) mass is 265 g/mol. The standard InChI is InChI=1S/C15H20ClNO/c1-5-8-17-14-10(3)9(2)6-7-12(14)13(11(4)18)15(17)16/h6-7,11,18H,5,8H2,1-4H3. The van der Waals surface area contributed by atoms with Gasteiger partial charge in [-0.15, -0.1) is 0 Å². The van der Waals surface area contributed by atoms with E-state index in [-0.39, 0.29) is 0 Å². The third kappa shape index (κ3) is 1.94. The molecule has 3 heteroatoms. The lowest BCUT2D eigenvalue weighted by Gasteiger charge is -2.09. The van der Waals surface area contributed by atoms with Crippen molar-refractivity contribution < 1.29 is 5.11 Å². The van der Waals surface area contributed by atoms with Crippen LogP contribution < -0.4 is 0 Å². The van der Waals surface area contributed by atoms with Gasteiger partial charge in [-0.1, -0.05) is 30.7 Å². The Bertz CT molecular complexity index is 584. The number of halogens is 1. The summed E-state index contributed by atoms with van der Waals surface area (Å²) in [6.45, 7) is 9.01. The maximum atomic E-state index is 9.95. The Balaban J connectivity index is 2.88. The fourth-order valence-electron chi connectivity index (χ4n) is 2.55. The van der Waals surface area contributed by atoms with E-state index in [2.05, 4.69) is 37.5 Å². The zero-order valence-corrected chi connectivity index (χ0v) is 12.2. The van der Waals surface area contributed by atoms with Gasteiger partial charge in [0.2, 0.25) is 0 Å². The quantitative estimate of drug-likeness (QED) is 0.876. The van der Waals surface area contributed by atoms with Gasteiger partial charge in [-0.25, -0.2) is 0 Å². The van der Waals surface area contributed by atoms with Gasteiger partial charge < -0.3 is 9.67 Å². The first-order valence-electron chi connectivity index (χ1n) is 6.44. The van der Waals surface area contributed by atoms with Crippen LogP contribution in [-0.4, -0.2) is 9.67 Å². The number of aliphatic hydroxyl groups excluding tert-OH is 1. The molecule has 1 unspecified atom stereocenters. The van der Waals surface area contributed by atoms with E-state index in [0.717, 1.165) is 29.4 Å². The van der Waals surface area contributed by atoms with Crippen LogP contribution in [0.25, 0.3) is 10.9 Å². The second kappa shape index (κ2) is 4.94. The minimum atomic E-state index is -0.541. The van der Waals surface area contributed by atoms with Crippen LogP contribution >= 0.6 is 11.6 Å². The molecule has 0 aliphatic rings. The highest BCUT2D eigenvalue weighted by Crippen LogP contribution is 2.36. The normalized spacial score (nSPS) is 13.2. The van der Waals surface area contributed by atoms with Crippen LogP contribution in [-0.2, 0) is 6.54 Å². The van der Waals surface area contributed by atoms with Crippen molar-refractivity contribution in [3.63, 3.8) is 0 Å². The van der Waals surface area contributed by atoms with Gasteiger partial charge in [0.1, 0.15) is 5.15 Å². The van der Waals surface area contributed by atoms with Gasteiger partial charge in [0.25, 0.3) is 0 Å². The van der Waals surface area contributed by atoms with E-state index >= 15 is 0 Å². The summed E-state index contributed by atoms with van der Waals surface area (Å²) in [6.07, 6.45) is 0.482. The van der Waals surface area contributed by atoms with Crippen LogP contribution in [0.5, 0.6) is 0 Å². The average molecular weight is 266 g/mol. The van der Waals surface area contributed by atoms with Gasteiger partial charge >= 0.3 is 0 Å². The summed E-state index contributed by atoms with van der Waals surface area (Å²) in [4.78, 5) is 0. The summed E-state index contributed by atoms with van der Waals surface area (Å²) in [6, 6.07) is 4.16. The lowest BCUT2D eigenvalue weighted by molar-refractivity contribution is 0.200. The van der Waals surface area contributed by atoms with Crippen molar-refractivity contribution in [2.24, 2.45) is 0 Å². The Morgan fingerprint density at radius 3 is 2.56 bits per heavy atom. The number of nitrogens with zero attached hydrogens (tertiary/aromatic N) is 1. The third-order valence-corrected chi connectivity index (χ3v) is 3.99. The minimum absolute atomic E-state index is 0.541. The molecule has 98 valence electrons. The van der Waals surface area contributed by atoms with E-state index in [0.29, 0.717) is 5.15 Å². The van der Waals surface area contributed by atoms with Gasteiger partial charge in [0.05, 0.1) is 11.6 Å². The van der Waals surface area contributed by atoms with Gasteiger partial charge in [0, 0.05) is 17.5 Å². The molecule has 0 saturated heterocycles. The molecule has 1 aromatic heterocycles. The van der Waals surface area contributed by atoms with Crippen molar-refractivity contribution in [1.29, 1.82) is 0 Å². The largest absolute Gasteiger partial charge is 0.389 e. The number of aryl methyl sites for hydroxylation is 3. The Labute approximate surface area is 113 Å². The summed E-state index contributed by atoms with van der Waals surface area (Å²) in [7, 11) is 0. The van der Waals surface area contributed by atoms with Crippen LogP contribution in [0.1, 0.15) is 43.1 Å². The maximum Gasteiger partial charge on any atom is 0.115 e. The van der Waals surface area contributed by atoms with E-state index in [1.165, 1.54) is 11.1 Å². The number of aromatic nitrogens is 1. The van der Waals surface area contributed by atoms with Crippen molar-refractivity contribution in [1.82, 2.24) is 4.57 Å². The Morgan fingerprint density at radius 1 is 1.33 bits per heavy atom. The van der Waals surface area contributed by atoms with Crippen molar-refractivity contribution in [2.45, 2.75) is 46.8 Å². The van der Waals surface area contributed by atoms with E-state index in [1.807, 2.05) is 0 Å². The molecule has 0 aliphatic carbocycles. The first kappa shape index (κ1) is 13.4. The molecule has 0 spiro atoms. The fourth-order valence-corrected chi connectivity index (χ4v) is 2.98. The Hall–Kier alpha value is -0.990. The summed E-state index contributed by atoms with van der Waals surface area (Å²) in [5.74, 6) is 0. The van der Waals surface area contributed by atoms with Gasteiger partial charge in [-0.3, -0.25) is 0 Å². The van der Waals surface area contributed by atoms with E-state index in [1.54, 1.807) is 6.92 Å². The predicted octanol–water partition coefficient (Wildman–Crippen LogP) is 4.37. The number of hydrogen-bond acceptors (Lipinski definition) is 1.